The lowest BCUT2D eigenvalue weighted by Gasteiger charge is -2.08. The van der Waals surface area contributed by atoms with E-state index < -0.39 is 18.0 Å². The van der Waals surface area contributed by atoms with Crippen LogP contribution in [0, 0.1) is 0 Å². The molecular weight excluding hydrogens is 228 g/mol. The molecule has 15 heavy (non-hydrogen) atoms. The van der Waals surface area contributed by atoms with Gasteiger partial charge in [0.05, 0.1) is 29.8 Å². The van der Waals surface area contributed by atoms with Gasteiger partial charge in [0.1, 0.15) is 0 Å². The van der Waals surface area contributed by atoms with E-state index in [0.29, 0.717) is 0 Å². The Hall–Kier alpha value is -1.23. The van der Waals surface area contributed by atoms with Crippen LogP contribution in [-0.4, -0.2) is 18.1 Å². The normalized spacial score (nSPS) is 10.5. The van der Waals surface area contributed by atoms with E-state index in [9.17, 15) is 13.6 Å². The standard InChI is InChI=1S/C9H8ClF2NO2/c1-15-7(14)4-6-8(9(11)12)5(10)2-3-13-6/h2-3,9H,4H2,1H3. The summed E-state index contributed by atoms with van der Waals surface area (Å²) in [7, 11) is 1.18. The van der Waals surface area contributed by atoms with E-state index >= 15 is 0 Å². The highest BCUT2D eigenvalue weighted by Gasteiger charge is 2.19. The quantitative estimate of drug-likeness (QED) is 0.755. The molecule has 1 aromatic rings. The van der Waals surface area contributed by atoms with Crippen molar-refractivity contribution in [3.8, 4) is 0 Å². The Kier molecular flexibility index (Phi) is 3.96. The van der Waals surface area contributed by atoms with Gasteiger partial charge in [0.2, 0.25) is 0 Å². The molecule has 0 saturated carbocycles. The second kappa shape index (κ2) is 5.02. The van der Waals surface area contributed by atoms with Gasteiger partial charge in [-0.2, -0.15) is 0 Å². The number of carbonyl (C=O) groups excluding carboxylic acids is 1. The van der Waals surface area contributed by atoms with Crippen LogP contribution in [0.1, 0.15) is 17.7 Å². The van der Waals surface area contributed by atoms with Gasteiger partial charge >= 0.3 is 5.97 Å². The molecule has 0 saturated heterocycles. The number of ether oxygens (including phenoxy) is 1. The van der Waals surface area contributed by atoms with Crippen LogP contribution in [0.4, 0.5) is 8.78 Å². The summed E-state index contributed by atoms with van der Waals surface area (Å²) in [6, 6.07) is 1.25. The molecule has 0 spiro atoms. The number of carbonyl (C=O) groups is 1. The molecule has 0 atom stereocenters. The summed E-state index contributed by atoms with van der Waals surface area (Å²) >= 11 is 5.58. The summed E-state index contributed by atoms with van der Waals surface area (Å²) in [4.78, 5) is 14.6. The van der Waals surface area contributed by atoms with Crippen molar-refractivity contribution in [3.05, 3.63) is 28.5 Å². The Morgan fingerprint density at radius 3 is 2.87 bits per heavy atom. The van der Waals surface area contributed by atoms with Crippen LogP contribution in [0.3, 0.4) is 0 Å². The molecule has 0 amide bonds. The van der Waals surface area contributed by atoms with Crippen LogP contribution >= 0.6 is 11.6 Å². The van der Waals surface area contributed by atoms with Gasteiger partial charge in [0, 0.05) is 6.20 Å². The molecule has 0 aliphatic heterocycles. The lowest BCUT2D eigenvalue weighted by atomic mass is 10.1. The lowest BCUT2D eigenvalue weighted by Crippen LogP contribution is -2.09. The third-order valence-corrected chi connectivity index (χ3v) is 2.11. The van der Waals surface area contributed by atoms with Gasteiger partial charge in [0.25, 0.3) is 6.43 Å². The minimum atomic E-state index is -2.76. The summed E-state index contributed by atoms with van der Waals surface area (Å²) in [5.74, 6) is -0.633. The molecule has 0 aliphatic carbocycles. The molecule has 0 fully saturated rings. The minimum Gasteiger partial charge on any atom is -0.469 e. The third kappa shape index (κ3) is 2.86. The molecular formula is C9H8ClF2NO2. The van der Waals surface area contributed by atoms with Crippen LogP contribution in [0.2, 0.25) is 5.02 Å². The van der Waals surface area contributed by atoms with Gasteiger partial charge < -0.3 is 4.74 Å². The molecule has 82 valence electrons. The van der Waals surface area contributed by atoms with E-state index in [2.05, 4.69) is 9.72 Å². The molecule has 1 rings (SSSR count). The fourth-order valence-corrected chi connectivity index (χ4v) is 1.32. The first-order valence-corrected chi connectivity index (χ1v) is 4.42. The van der Waals surface area contributed by atoms with Crippen molar-refractivity contribution in [1.29, 1.82) is 0 Å². The molecule has 0 N–H and O–H groups in total. The maximum atomic E-state index is 12.6. The highest BCUT2D eigenvalue weighted by Crippen LogP contribution is 2.29. The zero-order valence-corrected chi connectivity index (χ0v) is 8.59. The number of methoxy groups -OCH3 is 1. The summed E-state index contributed by atoms with van der Waals surface area (Å²) in [6.45, 7) is 0. The first-order chi connectivity index (χ1) is 7.06. The Labute approximate surface area is 90.0 Å². The number of halogens is 3. The molecule has 0 aromatic carbocycles. The van der Waals surface area contributed by atoms with E-state index in [0.717, 1.165) is 0 Å². The van der Waals surface area contributed by atoms with Crippen molar-refractivity contribution in [2.45, 2.75) is 12.8 Å². The Balaban J connectivity index is 3.06. The predicted molar refractivity (Wildman–Crippen MR) is 49.9 cm³/mol. The zero-order chi connectivity index (χ0) is 11.4. The number of alkyl halides is 2. The second-order valence-corrected chi connectivity index (χ2v) is 3.11. The topological polar surface area (TPSA) is 39.2 Å². The van der Waals surface area contributed by atoms with Crippen molar-refractivity contribution >= 4 is 17.6 Å². The van der Waals surface area contributed by atoms with Crippen molar-refractivity contribution < 1.29 is 18.3 Å². The lowest BCUT2D eigenvalue weighted by molar-refractivity contribution is -0.139. The van der Waals surface area contributed by atoms with Crippen molar-refractivity contribution in [1.82, 2.24) is 4.98 Å². The highest BCUT2D eigenvalue weighted by molar-refractivity contribution is 6.31. The van der Waals surface area contributed by atoms with E-state index in [1.807, 2.05) is 0 Å². The smallest absolute Gasteiger partial charge is 0.311 e. The average molecular weight is 236 g/mol. The monoisotopic (exact) mass is 235 g/mol. The van der Waals surface area contributed by atoms with E-state index in [1.54, 1.807) is 0 Å². The van der Waals surface area contributed by atoms with Crippen LogP contribution in [0.5, 0.6) is 0 Å². The Bertz CT molecular complexity index is 371. The summed E-state index contributed by atoms with van der Waals surface area (Å²) < 4.78 is 29.5. The van der Waals surface area contributed by atoms with E-state index in [4.69, 9.17) is 11.6 Å². The first kappa shape index (κ1) is 11.8. The molecule has 0 radical (unpaired) electrons. The van der Waals surface area contributed by atoms with Crippen LogP contribution in [0.25, 0.3) is 0 Å². The molecule has 0 unspecified atom stereocenters. The minimum absolute atomic E-state index is 0.0515. The van der Waals surface area contributed by atoms with E-state index in [1.165, 1.54) is 19.4 Å². The fourth-order valence-electron chi connectivity index (χ4n) is 1.07. The van der Waals surface area contributed by atoms with Gasteiger partial charge in [-0.3, -0.25) is 9.78 Å². The van der Waals surface area contributed by atoms with Gasteiger partial charge in [-0.25, -0.2) is 8.78 Å². The third-order valence-electron chi connectivity index (χ3n) is 1.78. The van der Waals surface area contributed by atoms with Gasteiger partial charge in [0.15, 0.2) is 0 Å². The van der Waals surface area contributed by atoms with Crippen molar-refractivity contribution in [3.63, 3.8) is 0 Å². The molecule has 1 aromatic heterocycles. The number of esters is 1. The Morgan fingerprint density at radius 2 is 2.33 bits per heavy atom. The Morgan fingerprint density at radius 1 is 1.67 bits per heavy atom. The highest BCUT2D eigenvalue weighted by atomic mass is 35.5. The SMILES string of the molecule is COC(=O)Cc1nccc(Cl)c1C(F)F. The summed E-state index contributed by atoms with van der Waals surface area (Å²) in [6.07, 6.45) is -1.80. The average Bonchev–Trinajstić information content (AvgIpc) is 2.17. The molecule has 0 bridgehead atoms. The fraction of sp³-hybridized carbons (Fsp3) is 0.333. The first-order valence-electron chi connectivity index (χ1n) is 4.04. The molecule has 3 nitrogen and oxygen atoms in total. The molecule has 6 heteroatoms. The number of pyridine rings is 1. The maximum Gasteiger partial charge on any atom is 0.311 e. The van der Waals surface area contributed by atoms with Crippen LogP contribution < -0.4 is 0 Å². The molecule has 1 heterocycles. The summed E-state index contributed by atoms with van der Waals surface area (Å²) in [5, 5.41) is -0.0982. The van der Waals surface area contributed by atoms with Crippen molar-refractivity contribution in [2.75, 3.05) is 7.11 Å². The predicted octanol–water partition coefficient (Wildman–Crippen LogP) is 2.39. The number of aromatic nitrogens is 1. The second-order valence-electron chi connectivity index (χ2n) is 2.71. The number of hydrogen-bond donors (Lipinski definition) is 0. The van der Waals surface area contributed by atoms with Crippen LogP contribution in [-0.2, 0) is 16.0 Å². The van der Waals surface area contributed by atoms with Crippen LogP contribution in [0.15, 0.2) is 12.3 Å². The number of nitrogens with zero attached hydrogens (tertiary/aromatic N) is 1. The van der Waals surface area contributed by atoms with Gasteiger partial charge in [-0.05, 0) is 6.07 Å². The van der Waals surface area contributed by atoms with Gasteiger partial charge in [-0.1, -0.05) is 11.6 Å². The summed E-state index contributed by atoms with van der Waals surface area (Å²) in [5.41, 5.74) is -0.464. The largest absolute Gasteiger partial charge is 0.469 e. The number of rotatable bonds is 3. The maximum absolute atomic E-state index is 12.6. The van der Waals surface area contributed by atoms with Crippen molar-refractivity contribution in [2.24, 2.45) is 0 Å². The van der Waals surface area contributed by atoms with E-state index in [-0.39, 0.29) is 17.1 Å². The van der Waals surface area contributed by atoms with Gasteiger partial charge in [-0.15, -0.1) is 0 Å². The number of hydrogen-bond acceptors (Lipinski definition) is 3. The zero-order valence-electron chi connectivity index (χ0n) is 7.84. The molecule has 0 aliphatic rings.